The molecule has 0 radical (unpaired) electrons. The molecule has 0 amide bonds. The largest absolute Gasteiger partial charge is 0.495 e. The summed E-state index contributed by atoms with van der Waals surface area (Å²) in [6, 6.07) is 8.52. The second-order valence-corrected chi connectivity index (χ2v) is 7.56. The van der Waals surface area contributed by atoms with Crippen molar-refractivity contribution in [2.75, 3.05) is 32.1 Å². The van der Waals surface area contributed by atoms with Crippen LogP contribution in [-0.2, 0) is 13.1 Å². The Bertz CT molecular complexity index is 791. The van der Waals surface area contributed by atoms with Crippen molar-refractivity contribution < 1.29 is 4.74 Å². The highest BCUT2D eigenvalue weighted by atomic mass is 127. The molecule has 8 heteroatoms. The monoisotopic (exact) mass is 512 g/mol. The molecule has 1 aliphatic heterocycles. The van der Waals surface area contributed by atoms with Gasteiger partial charge in [0.1, 0.15) is 11.6 Å². The lowest BCUT2D eigenvalue weighted by molar-refractivity contribution is 0.415. The Hall–Kier alpha value is -1.97. The SMILES string of the molecule is CN=C(NCc1nccn1CC(C)C)NC1CCN(c2ccccc2OC)C1.I. The summed E-state index contributed by atoms with van der Waals surface area (Å²) in [5, 5.41) is 6.95. The fraction of sp³-hybridized carbons (Fsp3) is 0.524. The summed E-state index contributed by atoms with van der Waals surface area (Å²) in [5.74, 6) is 3.34. The molecule has 1 fully saturated rings. The number of rotatable bonds is 7. The number of hydrogen-bond donors (Lipinski definition) is 2. The van der Waals surface area contributed by atoms with Gasteiger partial charge in [-0.05, 0) is 24.5 Å². The van der Waals surface area contributed by atoms with Crippen molar-refractivity contribution >= 4 is 35.6 Å². The van der Waals surface area contributed by atoms with Gasteiger partial charge in [-0.2, -0.15) is 0 Å². The van der Waals surface area contributed by atoms with Crippen LogP contribution in [0.5, 0.6) is 5.75 Å². The summed E-state index contributed by atoms with van der Waals surface area (Å²) in [4.78, 5) is 11.2. The van der Waals surface area contributed by atoms with E-state index in [1.165, 1.54) is 0 Å². The molecule has 29 heavy (non-hydrogen) atoms. The van der Waals surface area contributed by atoms with Gasteiger partial charge in [0, 0.05) is 45.1 Å². The van der Waals surface area contributed by atoms with E-state index in [-0.39, 0.29) is 24.0 Å². The van der Waals surface area contributed by atoms with E-state index in [1.54, 1.807) is 7.11 Å². The minimum absolute atomic E-state index is 0. The van der Waals surface area contributed by atoms with Crippen molar-refractivity contribution in [1.29, 1.82) is 0 Å². The Morgan fingerprint density at radius 2 is 2.14 bits per heavy atom. The van der Waals surface area contributed by atoms with Crippen molar-refractivity contribution in [3.8, 4) is 5.75 Å². The minimum atomic E-state index is 0. The highest BCUT2D eigenvalue weighted by Gasteiger charge is 2.25. The van der Waals surface area contributed by atoms with E-state index in [1.807, 2.05) is 31.6 Å². The lowest BCUT2D eigenvalue weighted by Crippen LogP contribution is -2.44. The predicted molar refractivity (Wildman–Crippen MR) is 129 cm³/mol. The van der Waals surface area contributed by atoms with Gasteiger partial charge in [-0.25, -0.2) is 4.98 Å². The number of methoxy groups -OCH3 is 1. The van der Waals surface area contributed by atoms with E-state index < -0.39 is 0 Å². The van der Waals surface area contributed by atoms with Crippen LogP contribution >= 0.6 is 24.0 Å². The summed E-state index contributed by atoms with van der Waals surface area (Å²) >= 11 is 0. The van der Waals surface area contributed by atoms with Crippen molar-refractivity contribution in [3.63, 3.8) is 0 Å². The Morgan fingerprint density at radius 1 is 1.34 bits per heavy atom. The van der Waals surface area contributed by atoms with Gasteiger partial charge in [-0.15, -0.1) is 24.0 Å². The maximum absolute atomic E-state index is 5.51. The number of hydrogen-bond acceptors (Lipinski definition) is 4. The molecular formula is C21H33IN6O. The fourth-order valence-corrected chi connectivity index (χ4v) is 3.61. The zero-order valence-corrected chi connectivity index (χ0v) is 20.1. The molecule has 7 nitrogen and oxygen atoms in total. The second-order valence-electron chi connectivity index (χ2n) is 7.56. The van der Waals surface area contributed by atoms with Crippen LogP contribution in [-0.4, -0.2) is 48.8 Å². The van der Waals surface area contributed by atoms with E-state index >= 15 is 0 Å². The first kappa shape index (κ1) is 23.3. The van der Waals surface area contributed by atoms with Crippen LogP contribution in [0.4, 0.5) is 5.69 Å². The minimum Gasteiger partial charge on any atom is -0.495 e. The molecular weight excluding hydrogens is 479 g/mol. The number of nitrogens with one attached hydrogen (secondary N) is 2. The molecule has 1 aliphatic rings. The third kappa shape index (κ3) is 6.25. The van der Waals surface area contributed by atoms with Gasteiger partial charge in [0.15, 0.2) is 5.96 Å². The molecule has 0 aliphatic carbocycles. The number of halogens is 1. The number of anilines is 1. The topological polar surface area (TPSA) is 66.7 Å². The fourth-order valence-electron chi connectivity index (χ4n) is 3.61. The van der Waals surface area contributed by atoms with Crippen LogP contribution in [0, 0.1) is 5.92 Å². The van der Waals surface area contributed by atoms with E-state index in [2.05, 4.69) is 56.1 Å². The summed E-state index contributed by atoms with van der Waals surface area (Å²) in [5.41, 5.74) is 1.15. The van der Waals surface area contributed by atoms with E-state index in [9.17, 15) is 0 Å². The number of ether oxygens (including phenoxy) is 1. The van der Waals surface area contributed by atoms with Crippen LogP contribution in [0.25, 0.3) is 0 Å². The first-order valence-corrected chi connectivity index (χ1v) is 9.96. The van der Waals surface area contributed by atoms with Crippen molar-refractivity contribution in [2.45, 2.75) is 39.4 Å². The number of para-hydroxylation sites is 2. The first-order chi connectivity index (χ1) is 13.6. The summed E-state index contributed by atoms with van der Waals surface area (Å²) < 4.78 is 7.70. The summed E-state index contributed by atoms with van der Waals surface area (Å²) in [6.45, 7) is 7.97. The normalized spacial score (nSPS) is 16.7. The van der Waals surface area contributed by atoms with Crippen molar-refractivity contribution in [3.05, 3.63) is 42.5 Å². The molecule has 0 spiro atoms. The number of aromatic nitrogens is 2. The molecule has 160 valence electrons. The number of benzene rings is 1. The maximum Gasteiger partial charge on any atom is 0.191 e. The number of nitrogens with zero attached hydrogens (tertiary/aromatic N) is 4. The zero-order valence-electron chi connectivity index (χ0n) is 17.8. The molecule has 2 aromatic rings. The summed E-state index contributed by atoms with van der Waals surface area (Å²) in [7, 11) is 3.53. The molecule has 0 bridgehead atoms. The number of guanidine groups is 1. The number of aliphatic imine (C=N–C) groups is 1. The van der Waals surface area contributed by atoms with Gasteiger partial charge >= 0.3 is 0 Å². The first-order valence-electron chi connectivity index (χ1n) is 9.96. The molecule has 1 atom stereocenters. The van der Waals surface area contributed by atoms with Gasteiger partial charge in [0.25, 0.3) is 0 Å². The Kier molecular flexibility index (Phi) is 9.06. The van der Waals surface area contributed by atoms with Gasteiger partial charge < -0.3 is 24.8 Å². The highest BCUT2D eigenvalue weighted by molar-refractivity contribution is 14.0. The molecule has 1 aromatic carbocycles. The van der Waals surface area contributed by atoms with Gasteiger partial charge in [-0.3, -0.25) is 4.99 Å². The van der Waals surface area contributed by atoms with Crippen LogP contribution < -0.4 is 20.3 Å². The quantitative estimate of drug-likeness (QED) is 0.339. The standard InChI is InChI=1S/C21H32N6O.HI/c1-16(2)14-27-12-10-23-20(27)13-24-21(22-3)25-17-9-11-26(15-17)18-7-5-6-8-19(18)28-4;/h5-8,10,12,16-17H,9,11,13-15H2,1-4H3,(H2,22,24,25);1H. The zero-order chi connectivity index (χ0) is 19.9. The molecule has 1 unspecified atom stereocenters. The Balaban J connectivity index is 0.00000300. The van der Waals surface area contributed by atoms with Crippen molar-refractivity contribution in [2.24, 2.45) is 10.9 Å². The predicted octanol–water partition coefficient (Wildman–Crippen LogP) is 3.11. The molecule has 3 rings (SSSR count). The van der Waals surface area contributed by atoms with E-state index in [0.717, 1.165) is 49.3 Å². The summed E-state index contributed by atoms with van der Waals surface area (Å²) in [6.07, 6.45) is 4.95. The number of imidazole rings is 1. The molecule has 1 aromatic heterocycles. The van der Waals surface area contributed by atoms with E-state index in [0.29, 0.717) is 18.5 Å². The van der Waals surface area contributed by atoms with Crippen LogP contribution in [0.3, 0.4) is 0 Å². The molecule has 2 heterocycles. The van der Waals surface area contributed by atoms with Crippen molar-refractivity contribution in [1.82, 2.24) is 20.2 Å². The van der Waals surface area contributed by atoms with Gasteiger partial charge in [-0.1, -0.05) is 26.0 Å². The smallest absolute Gasteiger partial charge is 0.191 e. The maximum atomic E-state index is 5.51. The van der Waals surface area contributed by atoms with Gasteiger partial charge in [0.05, 0.1) is 19.3 Å². The van der Waals surface area contributed by atoms with Crippen LogP contribution in [0.2, 0.25) is 0 Å². The Morgan fingerprint density at radius 3 is 2.86 bits per heavy atom. The second kappa shape index (κ2) is 11.3. The van der Waals surface area contributed by atoms with Crippen LogP contribution in [0.1, 0.15) is 26.1 Å². The lowest BCUT2D eigenvalue weighted by atomic mass is 10.2. The molecule has 0 saturated carbocycles. The Labute approximate surface area is 191 Å². The third-order valence-corrected chi connectivity index (χ3v) is 4.96. The molecule has 1 saturated heterocycles. The lowest BCUT2D eigenvalue weighted by Gasteiger charge is -2.22. The average molecular weight is 512 g/mol. The third-order valence-electron chi connectivity index (χ3n) is 4.96. The average Bonchev–Trinajstić information content (AvgIpc) is 3.34. The van der Waals surface area contributed by atoms with Crippen LogP contribution in [0.15, 0.2) is 41.7 Å². The molecule has 2 N–H and O–H groups in total. The van der Waals surface area contributed by atoms with E-state index in [4.69, 9.17) is 4.74 Å². The van der Waals surface area contributed by atoms with Gasteiger partial charge in [0.2, 0.25) is 0 Å². The highest BCUT2D eigenvalue weighted by Crippen LogP contribution is 2.30.